The third kappa shape index (κ3) is 3.91. The molecule has 0 radical (unpaired) electrons. The molecule has 1 aliphatic rings. The molecule has 2 aromatic carbocycles. The summed E-state index contributed by atoms with van der Waals surface area (Å²) in [5.74, 6) is 2.13. The highest BCUT2D eigenvalue weighted by atomic mass is 35.5. The summed E-state index contributed by atoms with van der Waals surface area (Å²) >= 11 is 5.95. The van der Waals surface area contributed by atoms with Crippen molar-refractivity contribution in [1.82, 2.24) is 15.0 Å². The van der Waals surface area contributed by atoms with E-state index in [0.717, 1.165) is 11.1 Å². The van der Waals surface area contributed by atoms with Gasteiger partial charge < -0.3 is 18.9 Å². The number of carbonyl (C=O) groups excluding carboxylic acids is 1. The van der Waals surface area contributed by atoms with Crippen LogP contribution in [0, 0.1) is 0 Å². The van der Waals surface area contributed by atoms with Crippen LogP contribution in [0.25, 0.3) is 11.4 Å². The molecule has 1 aliphatic heterocycles. The average molecular weight is 414 g/mol. The largest absolute Gasteiger partial charge is 0.493 e. The summed E-state index contributed by atoms with van der Waals surface area (Å²) in [6, 6.07) is 12.6. The normalized spacial score (nSPS) is 16.3. The molecule has 3 aromatic rings. The van der Waals surface area contributed by atoms with E-state index in [2.05, 4.69) is 10.1 Å². The molecule has 2 heterocycles. The van der Waals surface area contributed by atoms with Crippen LogP contribution >= 0.6 is 11.6 Å². The van der Waals surface area contributed by atoms with Gasteiger partial charge in [0.1, 0.15) is 6.04 Å². The van der Waals surface area contributed by atoms with Crippen molar-refractivity contribution in [3.63, 3.8) is 0 Å². The molecule has 0 spiro atoms. The lowest BCUT2D eigenvalue weighted by Gasteiger charge is -2.22. The molecule has 29 heavy (non-hydrogen) atoms. The topological polar surface area (TPSA) is 77.7 Å². The number of benzene rings is 2. The SMILES string of the molecule is COc1ccc(-c2noc(C3CCC(=O)N3Cc3ccc(Cl)cc3)n2)cc1OC. The minimum absolute atomic E-state index is 0.0656. The van der Waals surface area contributed by atoms with Crippen LogP contribution in [0.15, 0.2) is 47.0 Å². The van der Waals surface area contributed by atoms with Crippen molar-refractivity contribution >= 4 is 17.5 Å². The molecule has 150 valence electrons. The Labute approximate surface area is 173 Å². The number of rotatable bonds is 6. The van der Waals surface area contributed by atoms with Crippen molar-refractivity contribution in [3.8, 4) is 22.9 Å². The molecule has 8 heteroatoms. The molecule has 1 atom stereocenters. The molecule has 0 aliphatic carbocycles. The molecular weight excluding hydrogens is 394 g/mol. The number of halogens is 1. The first-order valence-corrected chi connectivity index (χ1v) is 9.56. The van der Waals surface area contributed by atoms with E-state index in [-0.39, 0.29) is 11.9 Å². The summed E-state index contributed by atoms with van der Waals surface area (Å²) in [7, 11) is 3.15. The minimum Gasteiger partial charge on any atom is -0.493 e. The van der Waals surface area contributed by atoms with Gasteiger partial charge in [-0.05, 0) is 42.3 Å². The van der Waals surface area contributed by atoms with Gasteiger partial charge in [0.25, 0.3) is 0 Å². The first-order valence-electron chi connectivity index (χ1n) is 9.19. The highest BCUT2D eigenvalue weighted by Gasteiger charge is 2.36. The Morgan fingerprint density at radius 2 is 1.90 bits per heavy atom. The number of amides is 1. The van der Waals surface area contributed by atoms with Gasteiger partial charge in [-0.1, -0.05) is 28.9 Å². The number of aromatic nitrogens is 2. The summed E-state index contributed by atoms with van der Waals surface area (Å²) in [5.41, 5.74) is 1.74. The van der Waals surface area contributed by atoms with Crippen LogP contribution in [0.2, 0.25) is 5.02 Å². The highest BCUT2D eigenvalue weighted by molar-refractivity contribution is 6.30. The Morgan fingerprint density at radius 1 is 1.14 bits per heavy atom. The number of ether oxygens (including phenoxy) is 2. The maximum absolute atomic E-state index is 12.4. The lowest BCUT2D eigenvalue weighted by atomic mass is 10.1. The smallest absolute Gasteiger partial charge is 0.249 e. The Balaban J connectivity index is 1.58. The minimum atomic E-state index is -0.250. The second-order valence-corrected chi connectivity index (χ2v) is 7.16. The Bertz CT molecular complexity index is 1020. The lowest BCUT2D eigenvalue weighted by Crippen LogP contribution is -2.27. The van der Waals surface area contributed by atoms with E-state index >= 15 is 0 Å². The fourth-order valence-corrected chi connectivity index (χ4v) is 3.56. The van der Waals surface area contributed by atoms with Crippen LogP contribution < -0.4 is 9.47 Å². The standard InChI is InChI=1S/C21H20ClN3O4/c1-27-17-9-5-14(11-18(17)28-2)20-23-21(29-24-20)16-8-10-19(26)25(16)12-13-3-6-15(22)7-4-13/h3-7,9,11,16H,8,10,12H2,1-2H3. The molecule has 1 saturated heterocycles. The number of hydrogen-bond donors (Lipinski definition) is 0. The van der Waals surface area contributed by atoms with Gasteiger partial charge in [-0.15, -0.1) is 0 Å². The fraction of sp³-hybridized carbons (Fsp3) is 0.286. The lowest BCUT2D eigenvalue weighted by molar-refractivity contribution is -0.129. The third-order valence-electron chi connectivity index (χ3n) is 4.96. The summed E-state index contributed by atoms with van der Waals surface area (Å²) < 4.78 is 16.1. The van der Waals surface area contributed by atoms with Crippen molar-refractivity contribution in [2.45, 2.75) is 25.4 Å². The van der Waals surface area contributed by atoms with Gasteiger partial charge in [0.15, 0.2) is 11.5 Å². The summed E-state index contributed by atoms with van der Waals surface area (Å²) in [6.07, 6.45) is 1.09. The summed E-state index contributed by atoms with van der Waals surface area (Å²) in [4.78, 5) is 18.8. The zero-order chi connectivity index (χ0) is 20.4. The van der Waals surface area contributed by atoms with Crippen molar-refractivity contribution < 1.29 is 18.8 Å². The Kier molecular flexibility index (Phi) is 5.40. The highest BCUT2D eigenvalue weighted by Crippen LogP contribution is 2.35. The van der Waals surface area contributed by atoms with Crippen LogP contribution in [0.5, 0.6) is 11.5 Å². The Hall–Kier alpha value is -3.06. The molecular formula is C21H20ClN3O4. The van der Waals surface area contributed by atoms with Crippen molar-refractivity contribution in [3.05, 3.63) is 58.9 Å². The number of methoxy groups -OCH3 is 2. The first-order chi connectivity index (χ1) is 14.1. The van der Waals surface area contributed by atoms with E-state index in [1.54, 1.807) is 31.3 Å². The van der Waals surface area contributed by atoms with E-state index in [1.165, 1.54) is 0 Å². The summed E-state index contributed by atoms with van der Waals surface area (Å²) in [6.45, 7) is 0.467. The summed E-state index contributed by atoms with van der Waals surface area (Å²) in [5, 5.41) is 4.76. The van der Waals surface area contributed by atoms with E-state index in [9.17, 15) is 4.79 Å². The van der Waals surface area contributed by atoms with Crippen LogP contribution in [0.3, 0.4) is 0 Å². The van der Waals surface area contributed by atoms with Gasteiger partial charge in [0.05, 0.1) is 14.2 Å². The van der Waals surface area contributed by atoms with Gasteiger partial charge in [-0.2, -0.15) is 4.98 Å². The first kappa shape index (κ1) is 19.3. The maximum Gasteiger partial charge on any atom is 0.249 e. The number of nitrogens with zero attached hydrogens (tertiary/aromatic N) is 3. The maximum atomic E-state index is 12.4. The monoisotopic (exact) mass is 413 g/mol. The number of hydrogen-bond acceptors (Lipinski definition) is 6. The molecule has 1 aromatic heterocycles. The van der Waals surface area contributed by atoms with Gasteiger partial charge in [0, 0.05) is 23.6 Å². The predicted molar refractivity (Wildman–Crippen MR) is 107 cm³/mol. The van der Waals surface area contributed by atoms with Crippen LogP contribution in [-0.2, 0) is 11.3 Å². The predicted octanol–water partition coefficient (Wildman–Crippen LogP) is 4.27. The van der Waals surface area contributed by atoms with E-state index in [0.29, 0.717) is 47.6 Å². The molecule has 7 nitrogen and oxygen atoms in total. The quantitative estimate of drug-likeness (QED) is 0.600. The molecule has 1 amide bonds. The third-order valence-corrected chi connectivity index (χ3v) is 5.21. The second-order valence-electron chi connectivity index (χ2n) is 6.73. The van der Waals surface area contributed by atoms with Crippen LogP contribution in [-0.4, -0.2) is 35.2 Å². The van der Waals surface area contributed by atoms with Crippen molar-refractivity contribution in [2.75, 3.05) is 14.2 Å². The van der Waals surface area contributed by atoms with Gasteiger partial charge in [0.2, 0.25) is 17.6 Å². The van der Waals surface area contributed by atoms with Crippen LogP contribution in [0.1, 0.15) is 30.3 Å². The molecule has 0 saturated carbocycles. The molecule has 1 unspecified atom stereocenters. The second kappa shape index (κ2) is 8.13. The zero-order valence-corrected chi connectivity index (χ0v) is 16.8. The van der Waals surface area contributed by atoms with Gasteiger partial charge in [-0.25, -0.2) is 0 Å². The van der Waals surface area contributed by atoms with E-state index in [1.807, 2.05) is 30.3 Å². The average Bonchev–Trinajstić information content (AvgIpc) is 3.36. The zero-order valence-electron chi connectivity index (χ0n) is 16.1. The molecule has 1 fully saturated rings. The van der Waals surface area contributed by atoms with Gasteiger partial charge >= 0.3 is 0 Å². The van der Waals surface area contributed by atoms with E-state index < -0.39 is 0 Å². The molecule has 0 N–H and O–H groups in total. The number of carbonyl (C=O) groups is 1. The van der Waals surface area contributed by atoms with Crippen LogP contribution in [0.4, 0.5) is 0 Å². The molecule has 0 bridgehead atoms. The fourth-order valence-electron chi connectivity index (χ4n) is 3.44. The van der Waals surface area contributed by atoms with E-state index in [4.69, 9.17) is 25.6 Å². The van der Waals surface area contributed by atoms with Crippen molar-refractivity contribution in [2.24, 2.45) is 0 Å². The molecule has 4 rings (SSSR count). The van der Waals surface area contributed by atoms with Crippen molar-refractivity contribution in [1.29, 1.82) is 0 Å². The number of likely N-dealkylation sites (tertiary alicyclic amines) is 1. The van der Waals surface area contributed by atoms with Gasteiger partial charge in [-0.3, -0.25) is 4.79 Å². The Morgan fingerprint density at radius 3 is 2.62 bits per heavy atom.